The topological polar surface area (TPSA) is 115 Å². The molecule has 1 amide bonds. The Bertz CT molecular complexity index is 1170. The fraction of sp³-hybridized carbons (Fsp3) is 0.381. The molecule has 0 radical (unpaired) electrons. The second-order valence-corrected chi connectivity index (χ2v) is 9.24. The van der Waals surface area contributed by atoms with Gasteiger partial charge in [0, 0.05) is 11.5 Å². The van der Waals surface area contributed by atoms with Gasteiger partial charge in [0.25, 0.3) is 5.91 Å². The number of nitrogens with one attached hydrogen (secondary N) is 1. The van der Waals surface area contributed by atoms with E-state index < -0.39 is 28.8 Å². The summed E-state index contributed by atoms with van der Waals surface area (Å²) in [7, 11) is 0. The van der Waals surface area contributed by atoms with Gasteiger partial charge in [-0.2, -0.15) is 4.39 Å². The SMILES string of the molecule is C#CCOc1cnc(C(=O)Nc2cnc(F)c([C@]3(C)N=C(N)S[C@@]4(CF)C[C@H]43)c2)c(C)n1. The third kappa shape index (κ3) is 3.75. The first-order valence-corrected chi connectivity index (χ1v) is 10.5. The molecule has 3 heterocycles. The van der Waals surface area contributed by atoms with Crippen molar-refractivity contribution in [2.24, 2.45) is 16.6 Å². The smallest absolute Gasteiger partial charge is 0.276 e. The van der Waals surface area contributed by atoms with Crippen molar-refractivity contribution in [1.29, 1.82) is 0 Å². The molecule has 166 valence electrons. The summed E-state index contributed by atoms with van der Waals surface area (Å²) in [5.41, 5.74) is 5.60. The highest BCUT2D eigenvalue weighted by Crippen LogP contribution is 2.66. The monoisotopic (exact) mass is 458 g/mol. The van der Waals surface area contributed by atoms with Gasteiger partial charge in [-0.05, 0) is 26.3 Å². The van der Waals surface area contributed by atoms with Gasteiger partial charge in [-0.3, -0.25) is 9.79 Å². The van der Waals surface area contributed by atoms with Crippen LogP contribution in [-0.4, -0.2) is 44.1 Å². The van der Waals surface area contributed by atoms with Gasteiger partial charge in [0.1, 0.15) is 12.4 Å². The Morgan fingerprint density at radius 2 is 2.25 bits per heavy atom. The Hall–Kier alpha value is -3.26. The summed E-state index contributed by atoms with van der Waals surface area (Å²) < 4.78 is 32.9. The van der Waals surface area contributed by atoms with Crippen LogP contribution in [0.25, 0.3) is 0 Å². The number of alkyl halides is 1. The lowest BCUT2D eigenvalue weighted by Crippen LogP contribution is -2.37. The number of amides is 1. The van der Waals surface area contributed by atoms with Crippen LogP contribution in [0.15, 0.2) is 23.5 Å². The van der Waals surface area contributed by atoms with Gasteiger partial charge in [0.15, 0.2) is 11.8 Å². The summed E-state index contributed by atoms with van der Waals surface area (Å²) in [5.74, 6) is 0.967. The predicted molar refractivity (Wildman–Crippen MR) is 117 cm³/mol. The zero-order valence-electron chi connectivity index (χ0n) is 17.4. The number of amidine groups is 1. The van der Waals surface area contributed by atoms with E-state index in [4.69, 9.17) is 16.9 Å². The molecule has 1 saturated carbocycles. The minimum Gasteiger partial charge on any atom is -0.463 e. The first kappa shape index (κ1) is 22.0. The molecule has 0 saturated heterocycles. The molecule has 32 heavy (non-hydrogen) atoms. The molecule has 0 aromatic carbocycles. The second kappa shape index (κ2) is 8.02. The van der Waals surface area contributed by atoms with Crippen LogP contribution in [0.4, 0.5) is 14.5 Å². The van der Waals surface area contributed by atoms with E-state index in [2.05, 4.69) is 31.2 Å². The Kier molecular flexibility index (Phi) is 5.50. The molecule has 2 aliphatic rings. The number of carbonyl (C=O) groups excluding carboxylic acids is 1. The molecule has 3 atom stereocenters. The number of halogens is 2. The number of rotatable bonds is 6. The van der Waals surface area contributed by atoms with Crippen LogP contribution >= 0.6 is 11.8 Å². The number of pyridine rings is 1. The van der Waals surface area contributed by atoms with E-state index in [0.29, 0.717) is 12.1 Å². The van der Waals surface area contributed by atoms with Crippen LogP contribution in [0.5, 0.6) is 5.88 Å². The quantitative estimate of drug-likeness (QED) is 0.505. The number of nitrogens with two attached hydrogens (primary N) is 1. The van der Waals surface area contributed by atoms with E-state index >= 15 is 0 Å². The van der Waals surface area contributed by atoms with Crippen molar-refractivity contribution in [3.05, 3.63) is 41.4 Å². The predicted octanol–water partition coefficient (Wildman–Crippen LogP) is 2.59. The number of fused-ring (bicyclic) bond motifs is 1. The van der Waals surface area contributed by atoms with Crippen LogP contribution in [-0.2, 0) is 5.54 Å². The number of ether oxygens (including phenoxy) is 1. The van der Waals surface area contributed by atoms with Crippen molar-refractivity contribution in [3.8, 4) is 18.2 Å². The fourth-order valence-electron chi connectivity index (χ4n) is 4.00. The lowest BCUT2D eigenvalue weighted by molar-refractivity contribution is 0.102. The number of terminal acetylenes is 1. The molecule has 1 fully saturated rings. The highest BCUT2D eigenvalue weighted by atomic mass is 32.2. The Morgan fingerprint density at radius 1 is 1.47 bits per heavy atom. The molecular weight excluding hydrogens is 438 g/mol. The van der Waals surface area contributed by atoms with E-state index in [1.807, 2.05) is 0 Å². The minimum absolute atomic E-state index is 0.0264. The number of carbonyl (C=O) groups is 1. The molecule has 1 aliphatic carbocycles. The third-order valence-electron chi connectivity index (χ3n) is 5.66. The van der Waals surface area contributed by atoms with Crippen LogP contribution in [0.2, 0.25) is 0 Å². The maximum atomic E-state index is 14.7. The van der Waals surface area contributed by atoms with Crippen LogP contribution < -0.4 is 15.8 Å². The molecule has 0 bridgehead atoms. The van der Waals surface area contributed by atoms with E-state index in [0.717, 1.165) is 0 Å². The Morgan fingerprint density at radius 3 is 2.94 bits per heavy atom. The van der Waals surface area contributed by atoms with E-state index in [1.54, 1.807) is 13.8 Å². The lowest BCUT2D eigenvalue weighted by Gasteiger charge is -2.33. The minimum atomic E-state index is -1.09. The van der Waals surface area contributed by atoms with E-state index in [9.17, 15) is 13.6 Å². The molecule has 1 aliphatic heterocycles. The van der Waals surface area contributed by atoms with Crippen molar-refractivity contribution in [2.75, 3.05) is 18.6 Å². The van der Waals surface area contributed by atoms with Crippen LogP contribution in [0.1, 0.15) is 35.1 Å². The van der Waals surface area contributed by atoms with Crippen molar-refractivity contribution in [3.63, 3.8) is 0 Å². The largest absolute Gasteiger partial charge is 0.463 e. The van der Waals surface area contributed by atoms with Gasteiger partial charge in [-0.1, -0.05) is 17.7 Å². The number of thioether (sulfide) groups is 1. The molecule has 4 rings (SSSR count). The van der Waals surface area contributed by atoms with Gasteiger partial charge in [0.05, 0.1) is 34.1 Å². The van der Waals surface area contributed by atoms with E-state index in [-0.39, 0.29) is 40.5 Å². The highest BCUT2D eigenvalue weighted by molar-refractivity contribution is 8.15. The van der Waals surface area contributed by atoms with Crippen molar-refractivity contribution in [2.45, 2.75) is 30.6 Å². The molecule has 0 unspecified atom stereocenters. The maximum absolute atomic E-state index is 14.7. The lowest BCUT2D eigenvalue weighted by atomic mass is 9.86. The Balaban J connectivity index is 1.60. The van der Waals surface area contributed by atoms with Crippen LogP contribution in [0.3, 0.4) is 0 Å². The fourth-order valence-corrected chi connectivity index (χ4v) is 5.33. The average Bonchev–Trinajstić information content (AvgIpc) is 3.49. The summed E-state index contributed by atoms with van der Waals surface area (Å²) in [4.78, 5) is 29.2. The Labute approximate surface area is 187 Å². The van der Waals surface area contributed by atoms with Gasteiger partial charge in [-0.25, -0.2) is 19.3 Å². The summed E-state index contributed by atoms with van der Waals surface area (Å²) in [5, 5.41) is 2.85. The average molecular weight is 458 g/mol. The molecule has 8 nitrogen and oxygen atoms in total. The third-order valence-corrected chi connectivity index (χ3v) is 6.93. The van der Waals surface area contributed by atoms with Gasteiger partial charge < -0.3 is 15.8 Å². The van der Waals surface area contributed by atoms with E-state index in [1.165, 1.54) is 30.2 Å². The van der Waals surface area contributed by atoms with Crippen molar-refractivity contribution < 1.29 is 18.3 Å². The molecule has 2 aromatic rings. The zero-order valence-corrected chi connectivity index (χ0v) is 18.2. The van der Waals surface area contributed by atoms with Gasteiger partial charge in [-0.15, -0.1) is 6.42 Å². The van der Waals surface area contributed by atoms with Gasteiger partial charge >= 0.3 is 0 Å². The molecule has 2 aromatic heterocycles. The first-order valence-electron chi connectivity index (χ1n) is 9.70. The van der Waals surface area contributed by atoms with Crippen LogP contribution in [0, 0.1) is 31.1 Å². The highest BCUT2D eigenvalue weighted by Gasteiger charge is 2.66. The number of hydrogen-bond acceptors (Lipinski definition) is 8. The summed E-state index contributed by atoms with van der Waals surface area (Å²) in [6, 6.07) is 1.45. The number of hydrogen-bond donors (Lipinski definition) is 2. The number of aryl methyl sites for hydroxylation is 1. The second-order valence-electron chi connectivity index (χ2n) is 7.81. The van der Waals surface area contributed by atoms with Crippen molar-refractivity contribution in [1.82, 2.24) is 15.0 Å². The summed E-state index contributed by atoms with van der Waals surface area (Å²) >= 11 is 1.19. The number of aromatic nitrogens is 3. The normalized spacial score (nSPS) is 25.8. The molecule has 11 heteroatoms. The zero-order chi connectivity index (χ0) is 23.1. The maximum Gasteiger partial charge on any atom is 0.276 e. The van der Waals surface area contributed by atoms with Crippen molar-refractivity contribution >= 4 is 28.5 Å². The number of nitrogens with zero attached hydrogens (tertiary/aromatic N) is 4. The molecule has 3 N–H and O–H groups in total. The summed E-state index contributed by atoms with van der Waals surface area (Å²) in [6.45, 7) is 2.75. The first-order chi connectivity index (χ1) is 15.2. The molecule has 0 spiro atoms. The van der Waals surface area contributed by atoms with Gasteiger partial charge in [0.2, 0.25) is 11.8 Å². The summed E-state index contributed by atoms with van der Waals surface area (Å²) in [6.07, 6.45) is 8.14. The number of aliphatic imine (C=N–C) groups is 1. The number of anilines is 1. The standard InChI is InChI=1S/C21H20F2N6O2S/c1-4-5-31-15-9-25-16(11(2)27-15)18(30)28-12-6-13(17(23)26-8-12)20(3)14-7-21(14,10-22)32-19(24)29-20/h1,6,8-9,14H,5,7,10H2,2-3H3,(H2,24,29)(H,28,30)/t14-,20-,21+/m0/s1. The molecular formula is C21H20F2N6O2S.